The van der Waals surface area contributed by atoms with E-state index in [1.165, 1.54) is 12.8 Å². The van der Waals surface area contributed by atoms with Crippen molar-refractivity contribution >= 4 is 11.6 Å². The predicted octanol–water partition coefficient (Wildman–Crippen LogP) is -0.0333. The fourth-order valence-electron chi connectivity index (χ4n) is 1.35. The first-order valence-corrected chi connectivity index (χ1v) is 4.44. The van der Waals surface area contributed by atoms with E-state index in [-0.39, 0.29) is 6.04 Å². The van der Waals surface area contributed by atoms with Crippen LogP contribution in [0.3, 0.4) is 0 Å². The summed E-state index contributed by atoms with van der Waals surface area (Å²) in [6, 6.07) is -0.310. The number of alkyl halides is 1. The summed E-state index contributed by atoms with van der Waals surface area (Å²) in [5.41, 5.74) is 4.67. The van der Waals surface area contributed by atoms with Crippen molar-refractivity contribution in [2.45, 2.75) is 24.4 Å². The lowest BCUT2D eigenvalue weighted by Gasteiger charge is -2.20. The maximum atomic E-state index is 8.89. The molecule has 1 aliphatic rings. The molecule has 1 unspecified atom stereocenters. The second kappa shape index (κ2) is 4.26. The van der Waals surface area contributed by atoms with E-state index in [1.54, 1.807) is 0 Å². The molecule has 0 bridgehead atoms. The minimum Gasteiger partial charge on any atom is -0.376 e. The van der Waals surface area contributed by atoms with Crippen molar-refractivity contribution in [3.05, 3.63) is 0 Å². The fourth-order valence-corrected chi connectivity index (χ4v) is 1.43. The van der Waals surface area contributed by atoms with Gasteiger partial charge in [-0.25, -0.2) is 0 Å². The van der Waals surface area contributed by atoms with E-state index in [0.717, 1.165) is 13.1 Å². The van der Waals surface area contributed by atoms with Gasteiger partial charge in [-0.3, -0.25) is 0 Å². The predicted molar refractivity (Wildman–Crippen MR) is 45.5 cm³/mol. The molecule has 1 rings (SSSR count). The lowest BCUT2D eigenvalue weighted by molar-refractivity contribution is 0.190. The standard InChI is InChI=1S/C7H15ClN2O/c8-7(11)6(9)5-10-3-1-2-4-10/h6-7,11H,1-5,9H2/t6-,7?/m1/s1. The van der Waals surface area contributed by atoms with E-state index in [4.69, 9.17) is 22.4 Å². The Labute approximate surface area is 72.1 Å². The van der Waals surface area contributed by atoms with E-state index in [9.17, 15) is 0 Å². The van der Waals surface area contributed by atoms with Gasteiger partial charge >= 0.3 is 0 Å². The molecule has 0 aromatic rings. The van der Waals surface area contributed by atoms with Crippen LogP contribution < -0.4 is 5.73 Å². The van der Waals surface area contributed by atoms with Crippen LogP contribution >= 0.6 is 11.6 Å². The number of rotatable bonds is 3. The van der Waals surface area contributed by atoms with Crippen LogP contribution in [0.2, 0.25) is 0 Å². The third-order valence-corrected chi connectivity index (χ3v) is 2.34. The lowest BCUT2D eigenvalue weighted by atomic mass is 10.3. The molecular weight excluding hydrogens is 164 g/mol. The van der Waals surface area contributed by atoms with Gasteiger partial charge in [0, 0.05) is 6.54 Å². The fraction of sp³-hybridized carbons (Fsp3) is 1.00. The Kier molecular flexibility index (Phi) is 3.59. The van der Waals surface area contributed by atoms with Gasteiger partial charge < -0.3 is 15.7 Å². The number of nitrogens with zero attached hydrogens (tertiary/aromatic N) is 1. The van der Waals surface area contributed by atoms with Crippen molar-refractivity contribution in [1.29, 1.82) is 0 Å². The van der Waals surface area contributed by atoms with Crippen LogP contribution in [0, 0.1) is 0 Å². The number of hydrogen-bond acceptors (Lipinski definition) is 3. The highest BCUT2D eigenvalue weighted by Gasteiger charge is 2.18. The van der Waals surface area contributed by atoms with Gasteiger partial charge in [-0.2, -0.15) is 0 Å². The molecule has 1 fully saturated rings. The molecule has 11 heavy (non-hydrogen) atoms. The summed E-state index contributed by atoms with van der Waals surface area (Å²) in [7, 11) is 0. The molecule has 0 aliphatic carbocycles. The Morgan fingerprint density at radius 2 is 2.00 bits per heavy atom. The van der Waals surface area contributed by atoms with E-state index in [1.807, 2.05) is 0 Å². The molecule has 1 heterocycles. The quantitative estimate of drug-likeness (QED) is 0.597. The van der Waals surface area contributed by atoms with Crippen LogP contribution in [0.15, 0.2) is 0 Å². The van der Waals surface area contributed by atoms with Gasteiger partial charge in [0.1, 0.15) is 5.56 Å². The highest BCUT2D eigenvalue weighted by atomic mass is 35.5. The van der Waals surface area contributed by atoms with Crippen molar-refractivity contribution in [3.63, 3.8) is 0 Å². The first-order valence-electron chi connectivity index (χ1n) is 4.00. The van der Waals surface area contributed by atoms with Crippen molar-refractivity contribution in [2.24, 2.45) is 5.73 Å². The molecule has 66 valence electrons. The third-order valence-electron chi connectivity index (χ3n) is 2.02. The first-order chi connectivity index (χ1) is 5.20. The molecule has 4 heteroatoms. The monoisotopic (exact) mass is 178 g/mol. The smallest absolute Gasteiger partial charge is 0.144 e. The topological polar surface area (TPSA) is 49.5 Å². The summed E-state index contributed by atoms with van der Waals surface area (Å²) >= 11 is 5.41. The highest BCUT2D eigenvalue weighted by molar-refractivity contribution is 6.19. The Morgan fingerprint density at radius 1 is 1.45 bits per heavy atom. The molecule has 0 amide bonds. The lowest BCUT2D eigenvalue weighted by Crippen LogP contribution is -2.41. The summed E-state index contributed by atoms with van der Waals surface area (Å²) in [5, 5.41) is 8.89. The Hall–Kier alpha value is 0.170. The summed E-state index contributed by atoms with van der Waals surface area (Å²) < 4.78 is 0. The molecule has 0 spiro atoms. The second-order valence-corrected chi connectivity index (χ2v) is 3.49. The second-order valence-electron chi connectivity index (χ2n) is 3.04. The van der Waals surface area contributed by atoms with Crippen molar-refractivity contribution in [1.82, 2.24) is 4.90 Å². The first kappa shape index (κ1) is 9.26. The largest absolute Gasteiger partial charge is 0.376 e. The van der Waals surface area contributed by atoms with Gasteiger partial charge in [0.15, 0.2) is 0 Å². The normalized spacial score (nSPS) is 25.4. The van der Waals surface area contributed by atoms with Gasteiger partial charge in [-0.15, -0.1) is 0 Å². The zero-order chi connectivity index (χ0) is 8.27. The number of nitrogens with two attached hydrogens (primary N) is 1. The van der Waals surface area contributed by atoms with Gasteiger partial charge in [0.2, 0.25) is 0 Å². The molecule has 3 nitrogen and oxygen atoms in total. The van der Waals surface area contributed by atoms with Gasteiger partial charge in [0.05, 0.1) is 6.04 Å². The van der Waals surface area contributed by atoms with Crippen LogP contribution in [0.1, 0.15) is 12.8 Å². The third kappa shape index (κ3) is 2.95. The van der Waals surface area contributed by atoms with Crippen molar-refractivity contribution in [3.8, 4) is 0 Å². The SMILES string of the molecule is N[C@H](CN1CCCC1)C(O)Cl. The number of aliphatic hydroxyl groups is 1. The average Bonchev–Trinajstić information content (AvgIpc) is 2.39. The van der Waals surface area contributed by atoms with E-state index in [0.29, 0.717) is 6.54 Å². The van der Waals surface area contributed by atoms with Crippen molar-refractivity contribution in [2.75, 3.05) is 19.6 Å². The zero-order valence-electron chi connectivity index (χ0n) is 6.54. The number of aliphatic hydroxyl groups excluding tert-OH is 1. The Balaban J connectivity index is 2.18. The van der Waals surface area contributed by atoms with Gasteiger partial charge in [-0.1, -0.05) is 11.6 Å². The van der Waals surface area contributed by atoms with Gasteiger partial charge in [-0.05, 0) is 25.9 Å². The molecular formula is C7H15ClN2O. The molecule has 0 radical (unpaired) electrons. The van der Waals surface area contributed by atoms with E-state index >= 15 is 0 Å². The summed E-state index contributed by atoms with van der Waals surface area (Å²) in [5.74, 6) is 0. The minimum atomic E-state index is -0.907. The number of halogens is 1. The molecule has 1 saturated heterocycles. The Bertz CT molecular complexity index is 115. The van der Waals surface area contributed by atoms with Gasteiger partial charge in [0.25, 0.3) is 0 Å². The summed E-state index contributed by atoms with van der Waals surface area (Å²) in [6.07, 6.45) is 2.48. The summed E-state index contributed by atoms with van der Waals surface area (Å²) in [6.45, 7) is 2.90. The molecule has 3 N–H and O–H groups in total. The van der Waals surface area contributed by atoms with Crippen LogP contribution in [0.4, 0.5) is 0 Å². The number of likely N-dealkylation sites (tertiary alicyclic amines) is 1. The molecule has 2 atom stereocenters. The van der Waals surface area contributed by atoms with E-state index in [2.05, 4.69) is 4.90 Å². The maximum absolute atomic E-state index is 8.89. The van der Waals surface area contributed by atoms with Crippen molar-refractivity contribution < 1.29 is 5.11 Å². The Morgan fingerprint density at radius 3 is 2.45 bits per heavy atom. The average molecular weight is 179 g/mol. The molecule has 0 aromatic carbocycles. The molecule has 0 saturated carbocycles. The number of hydrogen-bond donors (Lipinski definition) is 2. The van der Waals surface area contributed by atoms with Crippen LogP contribution in [0.5, 0.6) is 0 Å². The molecule has 0 aromatic heterocycles. The maximum Gasteiger partial charge on any atom is 0.144 e. The van der Waals surface area contributed by atoms with E-state index < -0.39 is 5.56 Å². The minimum absolute atomic E-state index is 0.310. The highest BCUT2D eigenvalue weighted by Crippen LogP contribution is 2.08. The van der Waals surface area contributed by atoms with Crippen LogP contribution in [-0.4, -0.2) is 41.2 Å². The van der Waals surface area contributed by atoms with Crippen LogP contribution in [-0.2, 0) is 0 Å². The zero-order valence-corrected chi connectivity index (χ0v) is 7.30. The molecule has 1 aliphatic heterocycles. The summed E-state index contributed by atoms with van der Waals surface area (Å²) in [4.78, 5) is 2.23. The van der Waals surface area contributed by atoms with Crippen LogP contribution in [0.25, 0.3) is 0 Å².